The zero-order chi connectivity index (χ0) is 9.42. The zero-order valence-electron chi connectivity index (χ0n) is 7.10. The van der Waals surface area contributed by atoms with E-state index in [0.29, 0.717) is 5.75 Å². The number of para-hydroxylation sites is 2. The molecule has 2 rings (SSSR count). The molecule has 1 amide bonds. The van der Waals surface area contributed by atoms with Crippen LogP contribution in [0.15, 0.2) is 24.3 Å². The van der Waals surface area contributed by atoms with Crippen LogP contribution in [0.2, 0.25) is 0 Å². The van der Waals surface area contributed by atoms with Crippen molar-refractivity contribution in [3.05, 3.63) is 24.3 Å². The van der Waals surface area contributed by atoms with E-state index in [1.54, 1.807) is 11.9 Å². The Hall–Kier alpha value is -1.16. The number of hydrogen-bond acceptors (Lipinski definition) is 3. The molecule has 0 bridgehead atoms. The topological polar surface area (TPSA) is 29.5 Å². The lowest BCUT2D eigenvalue weighted by Crippen LogP contribution is -2.40. The molecule has 68 valence electrons. The van der Waals surface area contributed by atoms with Gasteiger partial charge in [-0.15, -0.1) is 12.6 Å². The number of nitrogens with zero attached hydrogens (tertiary/aromatic N) is 1. The SMILES string of the molecule is CN1C(=O)C(S)Oc2ccccc21. The summed E-state index contributed by atoms with van der Waals surface area (Å²) in [7, 11) is 1.72. The maximum absolute atomic E-state index is 11.4. The molecule has 1 unspecified atom stereocenters. The Kier molecular flexibility index (Phi) is 1.92. The Bertz CT molecular complexity index is 353. The van der Waals surface area contributed by atoms with Crippen molar-refractivity contribution >= 4 is 24.2 Å². The first kappa shape index (κ1) is 8.44. The van der Waals surface area contributed by atoms with Crippen LogP contribution < -0.4 is 9.64 Å². The van der Waals surface area contributed by atoms with Gasteiger partial charge in [0.25, 0.3) is 5.91 Å². The molecule has 1 aromatic rings. The highest BCUT2D eigenvalue weighted by Crippen LogP contribution is 2.33. The second-order valence-electron chi connectivity index (χ2n) is 2.84. The molecule has 1 heterocycles. The first-order valence-electron chi connectivity index (χ1n) is 3.91. The van der Waals surface area contributed by atoms with Gasteiger partial charge in [-0.3, -0.25) is 4.79 Å². The first-order chi connectivity index (χ1) is 6.20. The smallest absolute Gasteiger partial charge is 0.278 e. The van der Waals surface area contributed by atoms with Crippen LogP contribution in [0.25, 0.3) is 0 Å². The number of carbonyl (C=O) groups is 1. The van der Waals surface area contributed by atoms with Gasteiger partial charge < -0.3 is 9.64 Å². The van der Waals surface area contributed by atoms with Gasteiger partial charge in [-0.2, -0.15) is 0 Å². The van der Waals surface area contributed by atoms with Crippen molar-refractivity contribution < 1.29 is 9.53 Å². The number of hydrogen-bond donors (Lipinski definition) is 1. The van der Waals surface area contributed by atoms with E-state index in [4.69, 9.17) is 4.74 Å². The third-order valence-electron chi connectivity index (χ3n) is 2.01. The maximum atomic E-state index is 11.4. The standard InChI is InChI=1S/C9H9NO2S/c1-10-6-4-2-3-5-7(6)12-9(13)8(10)11/h2-5,9,13H,1H3. The van der Waals surface area contributed by atoms with Gasteiger partial charge in [0.15, 0.2) is 0 Å². The molecule has 13 heavy (non-hydrogen) atoms. The summed E-state index contributed by atoms with van der Waals surface area (Å²) < 4.78 is 5.29. The van der Waals surface area contributed by atoms with Gasteiger partial charge in [0, 0.05) is 7.05 Å². The zero-order valence-corrected chi connectivity index (χ0v) is 7.99. The normalized spacial score (nSPS) is 20.9. The summed E-state index contributed by atoms with van der Waals surface area (Å²) in [5.41, 5.74) is 0.109. The summed E-state index contributed by atoms with van der Waals surface area (Å²) >= 11 is 4.03. The van der Waals surface area contributed by atoms with E-state index >= 15 is 0 Å². The molecule has 0 spiro atoms. The minimum Gasteiger partial charge on any atom is -0.468 e. The van der Waals surface area contributed by atoms with Crippen molar-refractivity contribution in [2.45, 2.75) is 5.44 Å². The summed E-state index contributed by atoms with van der Waals surface area (Å²) in [6.45, 7) is 0. The minimum absolute atomic E-state index is 0.137. The van der Waals surface area contributed by atoms with Crippen LogP contribution in [0.3, 0.4) is 0 Å². The molecule has 0 N–H and O–H groups in total. The number of ether oxygens (including phenoxy) is 1. The Balaban J connectivity index is 2.49. The Morgan fingerprint density at radius 3 is 2.92 bits per heavy atom. The molecule has 1 atom stereocenters. The first-order valence-corrected chi connectivity index (χ1v) is 4.43. The Morgan fingerprint density at radius 1 is 1.46 bits per heavy atom. The number of rotatable bonds is 0. The van der Waals surface area contributed by atoms with Crippen LogP contribution in [0, 0.1) is 0 Å². The van der Waals surface area contributed by atoms with E-state index in [-0.39, 0.29) is 5.91 Å². The second kappa shape index (κ2) is 2.96. The number of likely N-dealkylation sites (N-methyl/N-ethyl adjacent to an activating group) is 1. The highest BCUT2D eigenvalue weighted by molar-refractivity contribution is 7.81. The highest BCUT2D eigenvalue weighted by Gasteiger charge is 2.28. The van der Waals surface area contributed by atoms with Crippen molar-refractivity contribution in [1.82, 2.24) is 0 Å². The number of benzene rings is 1. The van der Waals surface area contributed by atoms with Gasteiger partial charge in [-0.05, 0) is 12.1 Å². The Morgan fingerprint density at radius 2 is 2.15 bits per heavy atom. The van der Waals surface area contributed by atoms with E-state index < -0.39 is 5.44 Å². The fourth-order valence-electron chi connectivity index (χ4n) is 1.29. The van der Waals surface area contributed by atoms with Crippen LogP contribution in [0.1, 0.15) is 0 Å². The summed E-state index contributed by atoms with van der Waals surface area (Å²) in [5.74, 6) is 0.562. The van der Waals surface area contributed by atoms with E-state index in [1.807, 2.05) is 24.3 Å². The van der Waals surface area contributed by atoms with Crippen LogP contribution >= 0.6 is 12.6 Å². The number of anilines is 1. The monoisotopic (exact) mass is 195 g/mol. The second-order valence-corrected chi connectivity index (χ2v) is 3.30. The van der Waals surface area contributed by atoms with Crippen LogP contribution in [-0.2, 0) is 4.79 Å². The van der Waals surface area contributed by atoms with Crippen LogP contribution in [0.5, 0.6) is 5.75 Å². The highest BCUT2D eigenvalue weighted by atomic mass is 32.1. The predicted molar refractivity (Wildman–Crippen MR) is 53.3 cm³/mol. The molecule has 1 aliphatic heterocycles. The van der Waals surface area contributed by atoms with Crippen LogP contribution in [0.4, 0.5) is 5.69 Å². The van der Waals surface area contributed by atoms with E-state index in [1.165, 1.54) is 0 Å². The van der Waals surface area contributed by atoms with Gasteiger partial charge in [0.1, 0.15) is 5.75 Å². The molecule has 3 nitrogen and oxygen atoms in total. The van der Waals surface area contributed by atoms with Crippen molar-refractivity contribution in [3.8, 4) is 5.75 Å². The van der Waals surface area contributed by atoms with Gasteiger partial charge in [-0.1, -0.05) is 12.1 Å². The third kappa shape index (κ3) is 1.27. The summed E-state index contributed by atoms with van der Waals surface area (Å²) in [6.07, 6.45) is 0. The van der Waals surface area contributed by atoms with Gasteiger partial charge in [0.2, 0.25) is 5.44 Å². The predicted octanol–water partition coefficient (Wildman–Crippen LogP) is 1.30. The fraction of sp³-hybridized carbons (Fsp3) is 0.222. The summed E-state index contributed by atoms with van der Waals surface area (Å²) in [5, 5.41) is 0. The molecule has 0 fully saturated rings. The van der Waals surface area contributed by atoms with Crippen LogP contribution in [-0.4, -0.2) is 18.4 Å². The summed E-state index contributed by atoms with van der Waals surface area (Å²) in [6, 6.07) is 7.39. The van der Waals surface area contributed by atoms with E-state index in [2.05, 4.69) is 12.6 Å². The molecule has 1 aromatic carbocycles. The number of thiol groups is 1. The maximum Gasteiger partial charge on any atom is 0.278 e. The van der Waals surface area contributed by atoms with E-state index in [0.717, 1.165) is 5.69 Å². The lowest BCUT2D eigenvalue weighted by molar-refractivity contribution is -0.122. The molecular weight excluding hydrogens is 186 g/mol. The average molecular weight is 195 g/mol. The van der Waals surface area contributed by atoms with Gasteiger partial charge >= 0.3 is 0 Å². The number of fused-ring (bicyclic) bond motifs is 1. The fourth-order valence-corrected chi connectivity index (χ4v) is 1.58. The van der Waals surface area contributed by atoms with E-state index in [9.17, 15) is 4.79 Å². The number of carbonyl (C=O) groups excluding carboxylic acids is 1. The lowest BCUT2D eigenvalue weighted by atomic mass is 10.2. The molecule has 0 saturated carbocycles. The summed E-state index contributed by atoms with van der Waals surface area (Å²) in [4.78, 5) is 13.0. The average Bonchev–Trinajstić information content (AvgIpc) is 2.15. The van der Waals surface area contributed by atoms with Crippen molar-refractivity contribution in [1.29, 1.82) is 0 Å². The number of amides is 1. The molecule has 0 saturated heterocycles. The van der Waals surface area contributed by atoms with Crippen molar-refractivity contribution in [3.63, 3.8) is 0 Å². The molecule has 0 aromatic heterocycles. The molecule has 1 aliphatic rings. The largest absolute Gasteiger partial charge is 0.468 e. The molecule has 4 heteroatoms. The lowest BCUT2D eigenvalue weighted by Gasteiger charge is -2.29. The molecule has 0 radical (unpaired) electrons. The Labute approximate surface area is 81.7 Å². The van der Waals surface area contributed by atoms with Gasteiger partial charge in [0.05, 0.1) is 5.69 Å². The molecule has 0 aliphatic carbocycles. The molecular formula is C9H9NO2S. The van der Waals surface area contributed by atoms with Crippen molar-refractivity contribution in [2.24, 2.45) is 0 Å². The minimum atomic E-state index is -0.681. The third-order valence-corrected chi connectivity index (χ3v) is 2.33. The van der Waals surface area contributed by atoms with Gasteiger partial charge in [-0.25, -0.2) is 0 Å². The van der Waals surface area contributed by atoms with Crippen molar-refractivity contribution in [2.75, 3.05) is 11.9 Å². The quantitative estimate of drug-likeness (QED) is 0.632.